The van der Waals surface area contributed by atoms with Crippen LogP contribution in [0.2, 0.25) is 0 Å². The predicted molar refractivity (Wildman–Crippen MR) is 87.1 cm³/mol. The van der Waals surface area contributed by atoms with E-state index in [-0.39, 0.29) is 17.2 Å². The van der Waals surface area contributed by atoms with E-state index in [4.69, 9.17) is 4.42 Å². The lowest BCUT2D eigenvalue weighted by Gasteiger charge is -2.16. The van der Waals surface area contributed by atoms with E-state index in [0.29, 0.717) is 24.2 Å². The van der Waals surface area contributed by atoms with Crippen molar-refractivity contribution in [1.82, 2.24) is 14.2 Å². The van der Waals surface area contributed by atoms with Gasteiger partial charge in [0.15, 0.2) is 5.58 Å². The molecule has 2 aromatic rings. The van der Waals surface area contributed by atoms with Crippen molar-refractivity contribution in [1.29, 1.82) is 0 Å². The fraction of sp³-hybridized carbons (Fsp3) is 0.467. The molecule has 0 bridgehead atoms. The standard InChI is InChI=1S/C15H19N3O5S/c1-3-6-18-9-10(7-14(18)19)16-24(21,22)11-4-5-13-12(8-11)17(2)15(20)23-13/h4-5,8,10,16H,3,6-7,9H2,1-2H3/t10-/m0/s1. The number of nitrogens with one attached hydrogen (secondary N) is 1. The lowest BCUT2D eigenvalue weighted by Crippen LogP contribution is -2.37. The normalized spacial score (nSPS) is 18.7. The van der Waals surface area contributed by atoms with Crippen molar-refractivity contribution in [2.24, 2.45) is 7.05 Å². The van der Waals surface area contributed by atoms with Gasteiger partial charge >= 0.3 is 5.76 Å². The first-order valence-corrected chi connectivity index (χ1v) is 9.20. The van der Waals surface area contributed by atoms with Crippen molar-refractivity contribution in [2.45, 2.75) is 30.7 Å². The smallest absolute Gasteiger partial charge is 0.408 e. The summed E-state index contributed by atoms with van der Waals surface area (Å²) in [5, 5.41) is 0. The Labute approximate surface area is 139 Å². The molecule has 1 atom stereocenters. The first kappa shape index (κ1) is 16.7. The van der Waals surface area contributed by atoms with Gasteiger partial charge in [0.2, 0.25) is 15.9 Å². The van der Waals surface area contributed by atoms with Gasteiger partial charge in [-0.3, -0.25) is 9.36 Å². The highest BCUT2D eigenvalue weighted by atomic mass is 32.2. The van der Waals surface area contributed by atoms with Crippen LogP contribution in [-0.4, -0.2) is 42.9 Å². The molecular formula is C15H19N3O5S. The molecule has 0 saturated carbocycles. The van der Waals surface area contributed by atoms with Crippen LogP contribution in [0.1, 0.15) is 19.8 Å². The number of sulfonamides is 1. The molecule has 130 valence electrons. The Morgan fingerprint density at radius 2 is 2.08 bits per heavy atom. The number of likely N-dealkylation sites (tertiary alicyclic amines) is 1. The molecule has 1 aliphatic rings. The van der Waals surface area contributed by atoms with Crippen molar-refractivity contribution in [2.75, 3.05) is 13.1 Å². The summed E-state index contributed by atoms with van der Waals surface area (Å²) in [4.78, 5) is 25.1. The SMILES string of the molecule is CCCN1C[C@@H](NS(=O)(=O)c2ccc3oc(=O)n(C)c3c2)CC1=O. The number of aromatic nitrogens is 1. The van der Waals surface area contributed by atoms with Gasteiger partial charge in [0.05, 0.1) is 10.4 Å². The molecule has 9 heteroatoms. The Hall–Kier alpha value is -2.13. The highest BCUT2D eigenvalue weighted by molar-refractivity contribution is 7.89. The molecule has 24 heavy (non-hydrogen) atoms. The van der Waals surface area contributed by atoms with Crippen LogP contribution in [0.3, 0.4) is 0 Å². The molecular weight excluding hydrogens is 334 g/mol. The zero-order valence-electron chi connectivity index (χ0n) is 13.5. The number of fused-ring (bicyclic) bond motifs is 1. The number of benzene rings is 1. The average Bonchev–Trinajstić information content (AvgIpc) is 2.99. The van der Waals surface area contributed by atoms with Crippen LogP contribution in [-0.2, 0) is 21.9 Å². The van der Waals surface area contributed by atoms with Crippen LogP contribution in [0.4, 0.5) is 0 Å². The molecule has 3 rings (SSSR count). The number of rotatable bonds is 5. The maximum Gasteiger partial charge on any atom is 0.419 e. The van der Waals surface area contributed by atoms with Crippen LogP contribution in [0.5, 0.6) is 0 Å². The number of oxazole rings is 1. The molecule has 1 N–H and O–H groups in total. The Morgan fingerprint density at radius 3 is 2.79 bits per heavy atom. The maximum absolute atomic E-state index is 12.6. The summed E-state index contributed by atoms with van der Waals surface area (Å²) < 4.78 is 33.9. The summed E-state index contributed by atoms with van der Waals surface area (Å²) in [5.41, 5.74) is 0.726. The fourth-order valence-corrected chi connectivity index (χ4v) is 4.14. The molecule has 0 aliphatic carbocycles. The summed E-state index contributed by atoms with van der Waals surface area (Å²) in [5.74, 6) is -0.596. The minimum Gasteiger partial charge on any atom is -0.408 e. The molecule has 1 aromatic heterocycles. The van der Waals surface area contributed by atoms with E-state index in [1.165, 1.54) is 29.8 Å². The van der Waals surface area contributed by atoms with Gasteiger partial charge in [-0.15, -0.1) is 0 Å². The lowest BCUT2D eigenvalue weighted by atomic mass is 10.3. The quantitative estimate of drug-likeness (QED) is 0.839. The lowest BCUT2D eigenvalue weighted by molar-refractivity contribution is -0.127. The second-order valence-electron chi connectivity index (χ2n) is 5.92. The van der Waals surface area contributed by atoms with Crippen LogP contribution >= 0.6 is 0 Å². The summed E-state index contributed by atoms with van der Waals surface area (Å²) >= 11 is 0. The monoisotopic (exact) mass is 353 g/mol. The number of amides is 1. The molecule has 1 aromatic carbocycles. The highest BCUT2D eigenvalue weighted by Crippen LogP contribution is 2.20. The molecule has 0 spiro atoms. The Morgan fingerprint density at radius 1 is 1.33 bits per heavy atom. The summed E-state index contributed by atoms with van der Waals surface area (Å²) in [6.45, 7) is 2.97. The maximum atomic E-state index is 12.6. The Balaban J connectivity index is 1.85. The first-order chi connectivity index (χ1) is 11.3. The van der Waals surface area contributed by atoms with Crippen molar-refractivity contribution in [3.8, 4) is 0 Å². The van der Waals surface area contributed by atoms with E-state index in [1.807, 2.05) is 6.92 Å². The van der Waals surface area contributed by atoms with E-state index < -0.39 is 21.8 Å². The molecule has 1 amide bonds. The molecule has 1 fully saturated rings. The minimum absolute atomic E-state index is 0.0350. The number of nitrogens with zero attached hydrogens (tertiary/aromatic N) is 2. The van der Waals surface area contributed by atoms with E-state index in [0.717, 1.165) is 6.42 Å². The molecule has 0 unspecified atom stereocenters. The van der Waals surface area contributed by atoms with Crippen molar-refractivity contribution in [3.05, 3.63) is 28.7 Å². The topological polar surface area (TPSA) is 102 Å². The third-order valence-electron chi connectivity index (χ3n) is 4.10. The fourth-order valence-electron chi connectivity index (χ4n) is 2.90. The van der Waals surface area contributed by atoms with Gasteiger partial charge < -0.3 is 9.32 Å². The van der Waals surface area contributed by atoms with Crippen LogP contribution < -0.4 is 10.5 Å². The zero-order valence-corrected chi connectivity index (χ0v) is 14.3. The van der Waals surface area contributed by atoms with Crippen molar-refractivity contribution in [3.63, 3.8) is 0 Å². The van der Waals surface area contributed by atoms with E-state index in [2.05, 4.69) is 4.72 Å². The predicted octanol–water partition coefficient (Wildman–Crippen LogP) is 0.421. The average molecular weight is 353 g/mol. The molecule has 2 heterocycles. The Bertz CT molecular complexity index is 944. The largest absolute Gasteiger partial charge is 0.419 e. The third kappa shape index (κ3) is 2.96. The second kappa shape index (κ2) is 6.06. The molecule has 8 nitrogen and oxygen atoms in total. The van der Waals surface area contributed by atoms with Crippen LogP contribution in [0.15, 0.2) is 32.3 Å². The minimum atomic E-state index is -3.79. The van der Waals surface area contributed by atoms with E-state index in [9.17, 15) is 18.0 Å². The van der Waals surface area contributed by atoms with Crippen molar-refractivity contribution >= 4 is 27.0 Å². The van der Waals surface area contributed by atoms with Gasteiger partial charge in [0.1, 0.15) is 0 Å². The second-order valence-corrected chi connectivity index (χ2v) is 7.63. The molecule has 1 saturated heterocycles. The van der Waals surface area contributed by atoms with E-state index in [1.54, 1.807) is 4.90 Å². The van der Waals surface area contributed by atoms with Crippen LogP contribution in [0.25, 0.3) is 11.1 Å². The highest BCUT2D eigenvalue weighted by Gasteiger charge is 2.32. The number of aryl methyl sites for hydroxylation is 1. The number of carbonyl (C=O) groups excluding carboxylic acids is 1. The number of hydrogen-bond acceptors (Lipinski definition) is 5. The molecule has 0 radical (unpaired) electrons. The summed E-state index contributed by atoms with van der Waals surface area (Å²) in [6.07, 6.45) is 0.988. The summed E-state index contributed by atoms with van der Waals surface area (Å²) in [7, 11) is -2.28. The number of hydrogen-bond donors (Lipinski definition) is 1. The van der Waals surface area contributed by atoms with Gasteiger partial charge in [-0.1, -0.05) is 6.92 Å². The van der Waals surface area contributed by atoms with Gasteiger partial charge in [0, 0.05) is 32.6 Å². The third-order valence-corrected chi connectivity index (χ3v) is 5.62. The first-order valence-electron chi connectivity index (χ1n) is 7.71. The van der Waals surface area contributed by atoms with Gasteiger partial charge in [0.25, 0.3) is 0 Å². The summed E-state index contributed by atoms with van der Waals surface area (Å²) in [6, 6.07) is 3.78. The zero-order chi connectivity index (χ0) is 17.5. The van der Waals surface area contributed by atoms with Crippen molar-refractivity contribution < 1.29 is 17.6 Å². The van der Waals surface area contributed by atoms with Gasteiger partial charge in [-0.05, 0) is 24.6 Å². The van der Waals surface area contributed by atoms with Gasteiger partial charge in [-0.25, -0.2) is 17.9 Å². The van der Waals surface area contributed by atoms with E-state index >= 15 is 0 Å². The number of carbonyl (C=O) groups is 1. The molecule has 1 aliphatic heterocycles. The van der Waals surface area contributed by atoms with Crippen LogP contribution in [0, 0.1) is 0 Å². The van der Waals surface area contributed by atoms with Gasteiger partial charge in [-0.2, -0.15) is 0 Å². The Kier molecular flexibility index (Phi) is 4.22.